The van der Waals surface area contributed by atoms with Crippen LogP contribution in [0.3, 0.4) is 0 Å². The Morgan fingerprint density at radius 2 is 1.33 bits per heavy atom. The summed E-state index contributed by atoms with van der Waals surface area (Å²) in [5.74, 6) is 0. The van der Waals surface area contributed by atoms with Gasteiger partial charge in [-0.25, -0.2) is 0 Å². The summed E-state index contributed by atoms with van der Waals surface area (Å²) >= 11 is 0. The van der Waals surface area contributed by atoms with Gasteiger partial charge in [0.1, 0.15) is 0 Å². The Hall–Kier alpha value is 1.07. The summed E-state index contributed by atoms with van der Waals surface area (Å²) in [7, 11) is 0. The second kappa shape index (κ2) is 10.2. The molecule has 0 spiro atoms. The van der Waals surface area contributed by atoms with Crippen LogP contribution in [-0.4, -0.2) is 19.5 Å². The first-order valence-corrected chi connectivity index (χ1v) is 4.75. The average Bonchev–Trinajstić information content (AvgIpc) is 1.77. The van der Waals surface area contributed by atoms with Crippen molar-refractivity contribution >= 4 is 6.45 Å². The zero-order chi connectivity index (χ0) is 12.7. The fourth-order valence-corrected chi connectivity index (χ4v) is 0.727. The predicted molar refractivity (Wildman–Crippen MR) is 58.1 cm³/mol. The molecule has 86 valence electrons. The summed E-state index contributed by atoms with van der Waals surface area (Å²) in [6.45, 7) is 15.3. The van der Waals surface area contributed by atoms with Crippen molar-refractivity contribution in [3.05, 3.63) is 5.32 Å². The van der Waals surface area contributed by atoms with Crippen molar-refractivity contribution in [3.63, 3.8) is 0 Å². The third kappa shape index (κ3) is 31.3. The molecule has 0 unspecified atom stereocenters. The van der Waals surface area contributed by atoms with Gasteiger partial charge in [0, 0.05) is 6.45 Å². The molecule has 0 bridgehead atoms. The van der Waals surface area contributed by atoms with Gasteiger partial charge < -0.3 is 15.2 Å². The second-order valence-corrected chi connectivity index (χ2v) is 5.74. The molecule has 0 heterocycles. The van der Waals surface area contributed by atoms with Gasteiger partial charge in [-0.05, 0) is 0 Å². The van der Waals surface area contributed by atoms with Crippen LogP contribution in [0.4, 0.5) is 0 Å². The van der Waals surface area contributed by atoms with Crippen LogP contribution in [0.2, 0.25) is 0 Å². The third-order valence-electron chi connectivity index (χ3n) is 1.17. The Balaban J connectivity index is -0.000000292. The number of hydrogen-bond donors (Lipinski definition) is 0. The molecule has 0 aliphatic carbocycles. The van der Waals surface area contributed by atoms with E-state index in [0.717, 1.165) is 13.1 Å². The maximum Gasteiger partial charge on any atom is 1.00 e. The molecule has 0 rings (SSSR count). The Labute approximate surface area is 138 Å². The summed E-state index contributed by atoms with van der Waals surface area (Å²) in [6.07, 6.45) is -1.83. The summed E-state index contributed by atoms with van der Waals surface area (Å²) < 4.78 is 5.39. The summed E-state index contributed by atoms with van der Waals surface area (Å²) in [5.41, 5.74) is 0.705. The molecule has 3 nitrogen and oxygen atoms in total. The average molecular weight is 241 g/mol. The van der Waals surface area contributed by atoms with E-state index in [1.807, 2.05) is 0 Å². The van der Waals surface area contributed by atoms with Gasteiger partial charge in [0.25, 0.3) is 0 Å². The number of carboxylic acid groups (broad SMARTS) is 1. The van der Waals surface area contributed by atoms with Crippen LogP contribution in [0.25, 0.3) is 5.32 Å². The number of rotatable bonds is 2. The molecule has 15 heavy (non-hydrogen) atoms. The van der Waals surface area contributed by atoms with E-state index in [9.17, 15) is 0 Å². The first kappa shape index (κ1) is 18.4. The van der Waals surface area contributed by atoms with Crippen LogP contribution in [0, 0.1) is 10.8 Å². The van der Waals surface area contributed by atoms with Crippen molar-refractivity contribution in [1.29, 1.82) is 0 Å². The molecule has 0 radical (unpaired) electrons. The van der Waals surface area contributed by atoms with Gasteiger partial charge in [0.2, 0.25) is 0 Å². The molecule has 0 atom stereocenters. The molecular formula is C11H23KNO2-. The van der Waals surface area contributed by atoms with Gasteiger partial charge in [-0.3, -0.25) is 0 Å². The van der Waals surface area contributed by atoms with Gasteiger partial charge in [-0.1, -0.05) is 52.4 Å². The Bertz CT molecular complexity index is 167. The van der Waals surface area contributed by atoms with E-state index in [4.69, 9.17) is 11.3 Å². The molecule has 0 aromatic carbocycles. The van der Waals surface area contributed by atoms with E-state index in [1.165, 1.54) is 0 Å². The SMILES string of the molecule is CC(C)(C)C[N-]CC(C)(C)C.[2H]C(=O)[O-].[K+]. The fraction of sp³-hybridized carbons (Fsp3) is 0.909. The van der Waals surface area contributed by atoms with Crippen LogP contribution in [0.5, 0.6) is 0 Å². The summed E-state index contributed by atoms with van der Waals surface area (Å²) in [4.78, 5) is 8.56. The largest absolute Gasteiger partial charge is 1.00 e. The molecule has 0 fully saturated rings. The van der Waals surface area contributed by atoms with Crippen molar-refractivity contribution in [2.24, 2.45) is 10.8 Å². The molecule has 0 aromatic rings. The van der Waals surface area contributed by atoms with E-state index in [0.29, 0.717) is 10.8 Å². The Morgan fingerprint density at radius 3 is 1.47 bits per heavy atom. The van der Waals surface area contributed by atoms with E-state index in [-0.39, 0.29) is 51.4 Å². The second-order valence-electron chi connectivity index (χ2n) is 5.74. The summed E-state index contributed by atoms with van der Waals surface area (Å²) in [5, 5.41) is 13.1. The zero-order valence-electron chi connectivity index (χ0n) is 12.2. The van der Waals surface area contributed by atoms with Gasteiger partial charge in [0.05, 0.1) is 1.37 Å². The molecular weight excluding hydrogens is 217 g/mol. The summed E-state index contributed by atoms with van der Waals surface area (Å²) in [6, 6.07) is 0. The first-order valence-electron chi connectivity index (χ1n) is 5.25. The normalized spacial score (nSPS) is 11.7. The van der Waals surface area contributed by atoms with Gasteiger partial charge in [-0.2, -0.15) is 0 Å². The molecule has 0 aliphatic rings. The van der Waals surface area contributed by atoms with Crippen LogP contribution in [0.15, 0.2) is 0 Å². The maximum atomic E-state index is 8.56. The van der Waals surface area contributed by atoms with Crippen molar-refractivity contribution in [2.45, 2.75) is 41.5 Å². The maximum absolute atomic E-state index is 8.56. The number of carbonyl (C=O) groups is 1. The van der Waals surface area contributed by atoms with Crippen LogP contribution in [-0.2, 0) is 4.79 Å². The van der Waals surface area contributed by atoms with Crippen LogP contribution < -0.4 is 56.5 Å². The number of hydrogen-bond acceptors (Lipinski definition) is 2. The quantitative estimate of drug-likeness (QED) is 0.451. The standard InChI is InChI=1S/C10H22N.CH2O2.K/c1-9(2,3)7-11-8-10(4,5)6;2-1-3;/h7-8H2,1-6H3;1H,(H,2,3);/q-1;;+1/p-1/i;1D;. The van der Waals surface area contributed by atoms with E-state index in [1.54, 1.807) is 0 Å². The number of carbonyl (C=O) groups excluding carboxylic acids is 1. The smallest absolute Gasteiger partial charge is 0.661 e. The Morgan fingerprint density at radius 1 is 1.13 bits per heavy atom. The van der Waals surface area contributed by atoms with Crippen LogP contribution in [0.1, 0.15) is 42.9 Å². The number of nitrogens with zero attached hydrogens (tertiary/aromatic N) is 1. The van der Waals surface area contributed by atoms with Crippen LogP contribution >= 0.6 is 0 Å². The van der Waals surface area contributed by atoms with E-state index < -0.39 is 6.45 Å². The molecule has 0 aliphatic heterocycles. The first-order chi connectivity index (χ1) is 6.44. The van der Waals surface area contributed by atoms with Gasteiger partial charge in [0.15, 0.2) is 0 Å². The fourth-order valence-electron chi connectivity index (χ4n) is 0.727. The molecule has 4 heteroatoms. The third-order valence-corrected chi connectivity index (χ3v) is 1.17. The molecule has 0 saturated carbocycles. The zero-order valence-corrected chi connectivity index (χ0v) is 14.3. The minimum atomic E-state index is -1.83. The molecule has 0 saturated heterocycles. The molecule has 0 amide bonds. The van der Waals surface area contributed by atoms with Crippen molar-refractivity contribution in [1.82, 2.24) is 0 Å². The van der Waals surface area contributed by atoms with Crippen molar-refractivity contribution < 1.29 is 62.7 Å². The van der Waals surface area contributed by atoms with E-state index >= 15 is 0 Å². The van der Waals surface area contributed by atoms with Crippen molar-refractivity contribution in [3.8, 4) is 0 Å². The van der Waals surface area contributed by atoms with E-state index in [2.05, 4.69) is 46.9 Å². The monoisotopic (exact) mass is 241 g/mol. The topological polar surface area (TPSA) is 54.2 Å². The van der Waals surface area contributed by atoms with Crippen molar-refractivity contribution in [2.75, 3.05) is 13.1 Å². The molecule has 0 aromatic heterocycles. The molecule has 0 N–H and O–H groups in total. The predicted octanol–water partition coefficient (Wildman–Crippen LogP) is -1.18. The van der Waals surface area contributed by atoms with Gasteiger partial charge in [-0.15, -0.1) is 13.1 Å². The van der Waals surface area contributed by atoms with Gasteiger partial charge >= 0.3 is 51.4 Å². The minimum Gasteiger partial charge on any atom is -0.661 e. The minimum absolute atomic E-state index is 0. The Kier molecular flexibility index (Phi) is 12.6.